The summed E-state index contributed by atoms with van der Waals surface area (Å²) in [4.78, 5) is 13.6. The van der Waals surface area contributed by atoms with E-state index in [9.17, 15) is 13.6 Å². The van der Waals surface area contributed by atoms with Crippen LogP contribution in [0.1, 0.15) is 77.2 Å². The van der Waals surface area contributed by atoms with Crippen molar-refractivity contribution in [3.63, 3.8) is 0 Å². The number of allylic oxidation sites excluding steroid dienone is 1. The third-order valence-corrected chi connectivity index (χ3v) is 9.97. The fourth-order valence-electron chi connectivity index (χ4n) is 8.26. The Balaban J connectivity index is 1.42. The van der Waals surface area contributed by atoms with Crippen molar-refractivity contribution in [1.82, 2.24) is 0 Å². The Kier molecular flexibility index (Phi) is 5.81. The van der Waals surface area contributed by atoms with Crippen LogP contribution in [0.5, 0.6) is 11.5 Å². The van der Waals surface area contributed by atoms with Gasteiger partial charge < -0.3 is 9.47 Å². The molecule has 0 heterocycles. The molecule has 180 valence electrons. The molecule has 4 aliphatic rings. The quantitative estimate of drug-likeness (QED) is 0.444. The van der Waals surface area contributed by atoms with E-state index >= 15 is 0 Å². The zero-order valence-corrected chi connectivity index (χ0v) is 20.0. The Morgan fingerprint density at radius 2 is 1.85 bits per heavy atom. The molecule has 0 spiro atoms. The number of hydrogen-bond donors (Lipinski definition) is 0. The highest BCUT2D eigenvalue weighted by atomic mass is 19.3. The van der Waals surface area contributed by atoms with E-state index in [0.717, 1.165) is 35.8 Å². The molecule has 5 heteroatoms. The number of alkyl halides is 2. The minimum Gasteiger partial charge on any atom is -0.493 e. The molecular formula is C28H36F2O3. The molecule has 0 N–H and O–H groups in total. The summed E-state index contributed by atoms with van der Waals surface area (Å²) >= 11 is 0. The van der Waals surface area contributed by atoms with Gasteiger partial charge in [-0.15, -0.1) is 0 Å². The van der Waals surface area contributed by atoms with Gasteiger partial charge in [-0.05, 0) is 103 Å². The van der Waals surface area contributed by atoms with Crippen molar-refractivity contribution in [3.8, 4) is 11.5 Å². The van der Waals surface area contributed by atoms with Gasteiger partial charge in [0.25, 0.3) is 0 Å². The summed E-state index contributed by atoms with van der Waals surface area (Å²) in [5, 5.41) is 0. The molecule has 4 aliphatic carbocycles. The minimum atomic E-state index is -2.91. The fourth-order valence-corrected chi connectivity index (χ4v) is 8.26. The summed E-state index contributed by atoms with van der Waals surface area (Å²) in [6.45, 7) is 1.85. The lowest BCUT2D eigenvalue weighted by atomic mass is 9.45. The molecule has 0 radical (unpaired) electrons. The maximum atomic E-state index is 13.6. The predicted octanol–water partition coefficient (Wildman–Crippen LogP) is 7.29. The van der Waals surface area contributed by atoms with E-state index in [1.807, 2.05) is 6.08 Å². The number of hydrogen-bond acceptors (Lipinski definition) is 3. The Hall–Kier alpha value is -1.91. The van der Waals surface area contributed by atoms with Gasteiger partial charge in [-0.2, -0.15) is 8.78 Å². The van der Waals surface area contributed by atoms with Crippen molar-refractivity contribution in [2.45, 2.75) is 78.2 Å². The van der Waals surface area contributed by atoms with Crippen molar-refractivity contribution >= 4 is 11.9 Å². The Bertz CT molecular complexity index is 956. The van der Waals surface area contributed by atoms with Crippen LogP contribution in [0.15, 0.2) is 23.8 Å². The van der Waals surface area contributed by atoms with Gasteiger partial charge in [0.1, 0.15) is 0 Å². The number of halogens is 2. The molecular weight excluding hydrogens is 422 g/mol. The minimum absolute atomic E-state index is 0.00774. The number of ether oxygens (including phenoxy) is 2. The van der Waals surface area contributed by atoms with Crippen molar-refractivity contribution in [3.05, 3.63) is 29.3 Å². The van der Waals surface area contributed by atoms with Gasteiger partial charge in [0.2, 0.25) is 0 Å². The van der Waals surface area contributed by atoms with E-state index in [1.165, 1.54) is 58.1 Å². The number of fused-ring (bicyclic) bond motifs is 5. The number of methoxy groups -OCH3 is 1. The van der Waals surface area contributed by atoms with Gasteiger partial charge in [0.15, 0.2) is 17.3 Å². The molecule has 4 fully saturated rings. The number of carbonyl (C=O) groups excluding carboxylic acids is 1. The smallest absolute Gasteiger partial charge is 0.387 e. The molecule has 0 bridgehead atoms. The van der Waals surface area contributed by atoms with E-state index < -0.39 is 6.61 Å². The molecule has 0 aliphatic heterocycles. The average Bonchev–Trinajstić information content (AvgIpc) is 3.04. The van der Waals surface area contributed by atoms with E-state index in [-0.39, 0.29) is 22.7 Å². The first-order valence-electron chi connectivity index (χ1n) is 12.6. The Morgan fingerprint density at radius 1 is 1.03 bits per heavy atom. The number of rotatable bonds is 4. The second-order valence-corrected chi connectivity index (χ2v) is 11.4. The Labute approximate surface area is 195 Å². The SMILES string of the molecule is COc1cc(/C=C2/C[C@@H]3[C@H]4CC[C@@H]5CCCC[C@]5(C)[C@@H]4CC[C@@]3(C)C2=O)ccc1OC(F)F. The highest BCUT2D eigenvalue weighted by Crippen LogP contribution is 2.66. The van der Waals surface area contributed by atoms with Gasteiger partial charge >= 0.3 is 6.61 Å². The third-order valence-electron chi connectivity index (χ3n) is 9.97. The molecule has 33 heavy (non-hydrogen) atoms. The van der Waals surface area contributed by atoms with Crippen LogP contribution >= 0.6 is 0 Å². The van der Waals surface area contributed by atoms with Crippen LogP contribution < -0.4 is 9.47 Å². The second kappa shape index (κ2) is 8.39. The maximum absolute atomic E-state index is 13.6. The molecule has 5 rings (SSSR count). The first-order chi connectivity index (χ1) is 15.8. The zero-order valence-electron chi connectivity index (χ0n) is 20.0. The third kappa shape index (κ3) is 3.70. The molecule has 0 saturated heterocycles. The standard InChI is InChI=1S/C28H36F2O3/c1-27-12-5-4-6-19(27)8-9-20-21(27)11-13-28(2)22(20)16-18(25(28)31)14-17-7-10-23(33-26(29)30)24(15-17)32-3/h7,10,14-15,19-22,26H,4-6,8-9,11-13,16H2,1-3H3/b18-14-/t19-,20-,21+,22+,27-,28+/m0/s1. The molecule has 4 saturated carbocycles. The average molecular weight is 459 g/mol. The zero-order chi connectivity index (χ0) is 23.4. The molecule has 3 nitrogen and oxygen atoms in total. The van der Waals surface area contributed by atoms with E-state index in [1.54, 1.807) is 12.1 Å². The lowest BCUT2D eigenvalue weighted by Gasteiger charge is -2.59. The largest absolute Gasteiger partial charge is 0.493 e. The fraction of sp³-hybridized carbons (Fsp3) is 0.679. The summed E-state index contributed by atoms with van der Waals surface area (Å²) in [5.41, 5.74) is 1.85. The van der Waals surface area contributed by atoms with Gasteiger partial charge in [-0.25, -0.2) is 0 Å². The van der Waals surface area contributed by atoms with Crippen molar-refractivity contribution in [2.24, 2.45) is 34.5 Å². The van der Waals surface area contributed by atoms with E-state index in [4.69, 9.17) is 4.74 Å². The van der Waals surface area contributed by atoms with Gasteiger partial charge in [-0.1, -0.05) is 32.8 Å². The maximum Gasteiger partial charge on any atom is 0.387 e. The van der Waals surface area contributed by atoms with Crippen LogP contribution in [0.2, 0.25) is 0 Å². The normalized spacial score (nSPS) is 39.2. The number of ketones is 1. The van der Waals surface area contributed by atoms with Gasteiger partial charge in [-0.3, -0.25) is 4.79 Å². The molecule has 6 atom stereocenters. The number of benzene rings is 1. The summed E-state index contributed by atoms with van der Waals surface area (Å²) in [7, 11) is 1.43. The van der Waals surface area contributed by atoms with Crippen LogP contribution in [-0.4, -0.2) is 19.5 Å². The molecule has 0 aromatic heterocycles. The summed E-state index contributed by atoms with van der Waals surface area (Å²) < 4.78 is 35.1. The van der Waals surface area contributed by atoms with Crippen LogP contribution in [0.25, 0.3) is 6.08 Å². The number of carbonyl (C=O) groups is 1. The van der Waals surface area contributed by atoms with Crippen molar-refractivity contribution in [2.75, 3.05) is 7.11 Å². The van der Waals surface area contributed by atoms with Crippen LogP contribution in [0.3, 0.4) is 0 Å². The highest BCUT2D eigenvalue weighted by Gasteiger charge is 2.60. The Morgan fingerprint density at radius 3 is 2.61 bits per heavy atom. The molecule has 0 amide bonds. The topological polar surface area (TPSA) is 35.5 Å². The predicted molar refractivity (Wildman–Crippen MR) is 124 cm³/mol. The first-order valence-corrected chi connectivity index (χ1v) is 12.6. The first kappa shape index (κ1) is 22.9. The summed E-state index contributed by atoms with van der Waals surface area (Å²) in [6, 6.07) is 4.90. The summed E-state index contributed by atoms with van der Waals surface area (Å²) in [5.74, 6) is 3.20. The lowest BCUT2D eigenvalue weighted by molar-refractivity contribution is -0.137. The summed E-state index contributed by atoms with van der Waals surface area (Å²) in [6.07, 6.45) is 13.0. The molecule has 1 aromatic carbocycles. The van der Waals surface area contributed by atoms with Crippen molar-refractivity contribution < 1.29 is 23.0 Å². The van der Waals surface area contributed by atoms with E-state index in [2.05, 4.69) is 18.6 Å². The molecule has 1 aromatic rings. The second-order valence-electron chi connectivity index (χ2n) is 11.4. The number of Topliss-reactive ketones (excluding diaryl/α,β-unsaturated/α-hetero) is 1. The van der Waals surface area contributed by atoms with Crippen LogP contribution in [0.4, 0.5) is 8.78 Å². The van der Waals surface area contributed by atoms with E-state index in [0.29, 0.717) is 17.3 Å². The van der Waals surface area contributed by atoms with Gasteiger partial charge in [0, 0.05) is 5.41 Å². The molecule has 0 unspecified atom stereocenters. The lowest BCUT2D eigenvalue weighted by Crippen LogP contribution is -2.52. The van der Waals surface area contributed by atoms with Crippen LogP contribution in [0, 0.1) is 34.5 Å². The van der Waals surface area contributed by atoms with Gasteiger partial charge in [0.05, 0.1) is 7.11 Å². The van der Waals surface area contributed by atoms with Crippen LogP contribution in [-0.2, 0) is 4.79 Å². The van der Waals surface area contributed by atoms with Crippen molar-refractivity contribution in [1.29, 1.82) is 0 Å². The monoisotopic (exact) mass is 458 g/mol. The highest BCUT2D eigenvalue weighted by molar-refractivity contribution is 6.06.